The van der Waals surface area contributed by atoms with E-state index in [9.17, 15) is 18.5 Å². The molecular formula is C19H22N2O5S. The molecule has 1 fully saturated rings. The second-order valence-corrected chi connectivity index (χ2v) is 8.55. The van der Waals surface area contributed by atoms with Gasteiger partial charge in [-0.2, -0.15) is 4.31 Å². The minimum atomic E-state index is -3.86. The van der Waals surface area contributed by atoms with Gasteiger partial charge in [0.1, 0.15) is 5.75 Å². The number of hydrogen-bond donors (Lipinski definition) is 0. The van der Waals surface area contributed by atoms with Crippen LogP contribution in [-0.4, -0.2) is 31.3 Å². The number of nitro groups is 1. The summed E-state index contributed by atoms with van der Waals surface area (Å²) in [6.07, 6.45) is 1.45. The maximum absolute atomic E-state index is 13.4. The molecule has 0 spiro atoms. The van der Waals surface area contributed by atoms with Crippen molar-refractivity contribution < 1.29 is 18.1 Å². The van der Waals surface area contributed by atoms with Crippen molar-refractivity contribution in [3.05, 3.63) is 63.2 Å². The predicted molar refractivity (Wildman–Crippen MR) is 101 cm³/mol. The van der Waals surface area contributed by atoms with Gasteiger partial charge in [0.05, 0.1) is 23.0 Å². The van der Waals surface area contributed by atoms with Crippen LogP contribution in [0.1, 0.15) is 35.6 Å². The summed E-state index contributed by atoms with van der Waals surface area (Å²) in [5, 5.41) is 11.2. The van der Waals surface area contributed by atoms with E-state index in [1.807, 2.05) is 12.1 Å². The molecule has 0 amide bonds. The number of nitrogens with zero attached hydrogens (tertiary/aromatic N) is 2. The molecule has 8 heteroatoms. The Morgan fingerprint density at radius 1 is 1.19 bits per heavy atom. The highest BCUT2D eigenvalue weighted by Gasteiger charge is 2.37. The smallest absolute Gasteiger partial charge is 0.271 e. The van der Waals surface area contributed by atoms with Crippen LogP contribution in [0.5, 0.6) is 5.75 Å². The highest BCUT2D eigenvalue weighted by Crippen LogP contribution is 2.38. The first-order valence-corrected chi connectivity index (χ1v) is 10.1. The molecule has 7 nitrogen and oxygen atoms in total. The minimum Gasteiger partial charge on any atom is -0.497 e. The van der Waals surface area contributed by atoms with Crippen LogP contribution in [0, 0.1) is 24.0 Å². The Hall–Kier alpha value is -2.45. The molecule has 1 aliphatic heterocycles. The Morgan fingerprint density at radius 2 is 1.85 bits per heavy atom. The molecule has 2 aromatic carbocycles. The standard InChI is InChI=1S/C19H22N2O5S/c1-13-11-16(21(22)23)12-19(14(13)2)27(24,25)20-10-4-5-18(20)15-6-8-17(26-3)9-7-15/h6-9,11-12,18H,4-5,10H2,1-3H3/t18-/m1/s1. The van der Waals surface area contributed by atoms with E-state index < -0.39 is 14.9 Å². The van der Waals surface area contributed by atoms with Crippen LogP contribution in [0.2, 0.25) is 0 Å². The van der Waals surface area contributed by atoms with Gasteiger partial charge in [-0.25, -0.2) is 8.42 Å². The average molecular weight is 390 g/mol. The second-order valence-electron chi connectivity index (χ2n) is 6.69. The van der Waals surface area contributed by atoms with Gasteiger partial charge in [-0.05, 0) is 55.5 Å². The molecule has 0 radical (unpaired) electrons. The van der Waals surface area contributed by atoms with Crippen molar-refractivity contribution in [3.8, 4) is 5.75 Å². The third kappa shape index (κ3) is 3.54. The summed E-state index contributed by atoms with van der Waals surface area (Å²) < 4.78 is 33.4. The van der Waals surface area contributed by atoms with E-state index in [1.54, 1.807) is 33.1 Å². The largest absolute Gasteiger partial charge is 0.497 e. The molecule has 0 unspecified atom stereocenters. The fraction of sp³-hybridized carbons (Fsp3) is 0.368. The van der Waals surface area contributed by atoms with Crippen LogP contribution < -0.4 is 4.74 Å². The van der Waals surface area contributed by atoms with Gasteiger partial charge in [-0.15, -0.1) is 0 Å². The lowest BCUT2D eigenvalue weighted by Gasteiger charge is -2.25. The van der Waals surface area contributed by atoms with Gasteiger partial charge in [0.25, 0.3) is 5.69 Å². The van der Waals surface area contributed by atoms with Crippen molar-refractivity contribution in [3.63, 3.8) is 0 Å². The fourth-order valence-corrected chi connectivity index (χ4v) is 5.50. The Morgan fingerprint density at radius 3 is 2.44 bits per heavy atom. The van der Waals surface area contributed by atoms with Crippen molar-refractivity contribution in [2.24, 2.45) is 0 Å². The molecule has 0 aliphatic carbocycles. The zero-order chi connectivity index (χ0) is 19.8. The van der Waals surface area contributed by atoms with Crippen molar-refractivity contribution in [1.29, 1.82) is 0 Å². The molecule has 1 aliphatic rings. The van der Waals surface area contributed by atoms with Crippen LogP contribution in [0.3, 0.4) is 0 Å². The lowest BCUT2D eigenvalue weighted by atomic mass is 10.1. The molecule has 0 N–H and O–H groups in total. The van der Waals surface area contributed by atoms with Crippen LogP contribution >= 0.6 is 0 Å². The molecule has 1 heterocycles. The maximum Gasteiger partial charge on any atom is 0.271 e. The summed E-state index contributed by atoms with van der Waals surface area (Å²) in [6, 6.07) is 9.62. The Bertz CT molecular complexity index is 970. The molecule has 0 bridgehead atoms. The minimum absolute atomic E-state index is 0.00890. The first kappa shape index (κ1) is 19.3. The number of non-ortho nitro benzene ring substituents is 1. The van der Waals surface area contributed by atoms with E-state index in [4.69, 9.17) is 4.74 Å². The highest BCUT2D eigenvalue weighted by atomic mass is 32.2. The second kappa shape index (κ2) is 7.28. The lowest BCUT2D eigenvalue weighted by Crippen LogP contribution is -2.31. The van der Waals surface area contributed by atoms with E-state index in [2.05, 4.69) is 0 Å². The summed E-state index contributed by atoms with van der Waals surface area (Å²) in [5.74, 6) is 0.705. The number of aryl methyl sites for hydroxylation is 1. The molecule has 0 saturated carbocycles. The topological polar surface area (TPSA) is 89.8 Å². The molecule has 1 atom stereocenters. The SMILES string of the molecule is COc1ccc([C@H]2CCCN2S(=O)(=O)c2cc([N+](=O)[O-])cc(C)c2C)cc1. The van der Waals surface area contributed by atoms with Crippen LogP contribution in [0.4, 0.5) is 5.69 Å². The quantitative estimate of drug-likeness (QED) is 0.573. The third-order valence-electron chi connectivity index (χ3n) is 5.11. The maximum atomic E-state index is 13.4. The van der Waals surface area contributed by atoms with E-state index in [0.29, 0.717) is 29.8 Å². The van der Waals surface area contributed by atoms with E-state index >= 15 is 0 Å². The molecule has 0 aromatic heterocycles. The van der Waals surface area contributed by atoms with Gasteiger partial charge in [0, 0.05) is 18.7 Å². The molecular weight excluding hydrogens is 368 g/mol. The molecule has 144 valence electrons. The third-order valence-corrected chi connectivity index (χ3v) is 7.14. The van der Waals surface area contributed by atoms with Crippen molar-refractivity contribution in [1.82, 2.24) is 4.31 Å². The normalized spacial score (nSPS) is 17.8. The molecule has 3 rings (SSSR count). The number of rotatable bonds is 5. The number of nitro benzene ring substituents is 1. The number of methoxy groups -OCH3 is 1. The summed E-state index contributed by atoms with van der Waals surface area (Å²) in [5.41, 5.74) is 1.80. The monoisotopic (exact) mass is 390 g/mol. The first-order chi connectivity index (χ1) is 12.8. The molecule has 2 aromatic rings. The van der Waals surface area contributed by atoms with Crippen molar-refractivity contribution in [2.45, 2.75) is 37.6 Å². The Kier molecular flexibility index (Phi) is 5.21. The van der Waals surface area contributed by atoms with Crippen LogP contribution in [0.25, 0.3) is 0 Å². The zero-order valence-electron chi connectivity index (χ0n) is 15.5. The Labute approximate surface area is 158 Å². The number of hydrogen-bond acceptors (Lipinski definition) is 5. The van der Waals surface area contributed by atoms with Gasteiger partial charge in [-0.3, -0.25) is 10.1 Å². The average Bonchev–Trinajstić information content (AvgIpc) is 3.14. The lowest BCUT2D eigenvalue weighted by molar-refractivity contribution is -0.385. The fourth-order valence-electron chi connectivity index (χ4n) is 3.50. The van der Waals surface area contributed by atoms with E-state index in [-0.39, 0.29) is 16.6 Å². The van der Waals surface area contributed by atoms with Crippen molar-refractivity contribution in [2.75, 3.05) is 13.7 Å². The predicted octanol–water partition coefficient (Wildman–Crippen LogP) is 3.75. The number of ether oxygens (including phenoxy) is 1. The summed E-state index contributed by atoms with van der Waals surface area (Å²) >= 11 is 0. The summed E-state index contributed by atoms with van der Waals surface area (Å²) in [7, 11) is -2.29. The Balaban J connectivity index is 2.04. The zero-order valence-corrected chi connectivity index (χ0v) is 16.3. The van der Waals surface area contributed by atoms with E-state index in [0.717, 1.165) is 12.0 Å². The number of sulfonamides is 1. The van der Waals surface area contributed by atoms with Gasteiger partial charge < -0.3 is 4.74 Å². The van der Waals surface area contributed by atoms with Gasteiger partial charge in [0.15, 0.2) is 0 Å². The van der Waals surface area contributed by atoms with Gasteiger partial charge in [-0.1, -0.05) is 12.1 Å². The highest BCUT2D eigenvalue weighted by molar-refractivity contribution is 7.89. The number of benzene rings is 2. The summed E-state index contributed by atoms with van der Waals surface area (Å²) in [6.45, 7) is 3.76. The van der Waals surface area contributed by atoms with Crippen LogP contribution in [-0.2, 0) is 10.0 Å². The first-order valence-electron chi connectivity index (χ1n) is 8.67. The van der Waals surface area contributed by atoms with Gasteiger partial charge in [0.2, 0.25) is 10.0 Å². The van der Waals surface area contributed by atoms with E-state index in [1.165, 1.54) is 16.4 Å². The van der Waals surface area contributed by atoms with Crippen LogP contribution in [0.15, 0.2) is 41.3 Å². The molecule has 1 saturated heterocycles. The summed E-state index contributed by atoms with van der Waals surface area (Å²) in [4.78, 5) is 10.6. The molecule has 27 heavy (non-hydrogen) atoms. The van der Waals surface area contributed by atoms with Crippen molar-refractivity contribution >= 4 is 15.7 Å². The van der Waals surface area contributed by atoms with Gasteiger partial charge >= 0.3 is 0 Å².